The second kappa shape index (κ2) is 8.65. The number of anilines is 1. The molecule has 34 heavy (non-hydrogen) atoms. The van der Waals surface area contributed by atoms with Crippen LogP contribution in [0.2, 0.25) is 5.15 Å². The zero-order valence-corrected chi connectivity index (χ0v) is 18.6. The van der Waals surface area contributed by atoms with Crippen molar-refractivity contribution in [2.45, 2.75) is 6.23 Å². The fourth-order valence-electron chi connectivity index (χ4n) is 4.08. The Morgan fingerprint density at radius 3 is 2.47 bits per heavy atom. The van der Waals surface area contributed by atoms with Crippen molar-refractivity contribution in [2.24, 2.45) is 0 Å². The SMILES string of the molecule is C#CC(=O)N1CCN(C(=O)OC2c3ccccc3C(=O)N2c2ccc3ccc(Cl)nc3n2)CC1. The fourth-order valence-corrected chi connectivity index (χ4v) is 4.22. The molecular formula is C24H18ClN5O4. The molecular weight excluding hydrogens is 458 g/mol. The molecule has 9 nitrogen and oxygen atoms in total. The molecule has 0 aliphatic carbocycles. The summed E-state index contributed by atoms with van der Waals surface area (Å²) >= 11 is 6.01. The minimum absolute atomic E-state index is 0.269. The van der Waals surface area contributed by atoms with Crippen LogP contribution in [0, 0.1) is 12.3 Å². The third-order valence-electron chi connectivity index (χ3n) is 5.82. The van der Waals surface area contributed by atoms with Gasteiger partial charge in [0.25, 0.3) is 11.8 Å². The molecule has 170 valence electrons. The summed E-state index contributed by atoms with van der Waals surface area (Å²) in [5, 5.41) is 1.03. The molecule has 0 bridgehead atoms. The van der Waals surface area contributed by atoms with E-state index in [4.69, 9.17) is 22.8 Å². The van der Waals surface area contributed by atoms with Crippen molar-refractivity contribution >= 4 is 46.4 Å². The maximum atomic E-state index is 13.3. The number of ether oxygens (including phenoxy) is 1. The van der Waals surface area contributed by atoms with Crippen molar-refractivity contribution in [2.75, 3.05) is 31.1 Å². The van der Waals surface area contributed by atoms with Crippen LogP contribution < -0.4 is 4.90 Å². The van der Waals surface area contributed by atoms with Gasteiger partial charge in [0, 0.05) is 42.7 Å². The molecule has 1 saturated heterocycles. The second-order valence-electron chi connectivity index (χ2n) is 7.77. The molecule has 1 fully saturated rings. The van der Waals surface area contributed by atoms with Gasteiger partial charge in [-0.1, -0.05) is 29.8 Å². The highest BCUT2D eigenvalue weighted by molar-refractivity contribution is 6.29. The van der Waals surface area contributed by atoms with Gasteiger partial charge in [0.05, 0.1) is 0 Å². The summed E-state index contributed by atoms with van der Waals surface area (Å²) in [5.41, 5.74) is 1.35. The fraction of sp³-hybridized carbons (Fsp3) is 0.208. The highest BCUT2D eigenvalue weighted by Gasteiger charge is 2.42. The van der Waals surface area contributed by atoms with Gasteiger partial charge in [0.2, 0.25) is 6.23 Å². The largest absolute Gasteiger partial charge is 0.420 e. The number of hydrogen-bond donors (Lipinski definition) is 0. The average molecular weight is 476 g/mol. The first-order valence-corrected chi connectivity index (χ1v) is 10.9. The zero-order valence-electron chi connectivity index (χ0n) is 17.8. The molecule has 1 atom stereocenters. The van der Waals surface area contributed by atoms with E-state index in [0.717, 1.165) is 5.39 Å². The van der Waals surface area contributed by atoms with Crippen LogP contribution in [0.4, 0.5) is 10.6 Å². The Labute approximate surface area is 199 Å². The average Bonchev–Trinajstić information content (AvgIpc) is 3.14. The van der Waals surface area contributed by atoms with Gasteiger partial charge in [0.1, 0.15) is 11.0 Å². The van der Waals surface area contributed by atoms with Gasteiger partial charge in [-0.2, -0.15) is 0 Å². The number of carbonyl (C=O) groups excluding carboxylic acids is 3. The monoisotopic (exact) mass is 475 g/mol. The summed E-state index contributed by atoms with van der Waals surface area (Å²) in [7, 11) is 0. The van der Waals surface area contributed by atoms with Crippen LogP contribution in [0.3, 0.4) is 0 Å². The van der Waals surface area contributed by atoms with Gasteiger partial charge in [-0.05, 0) is 36.3 Å². The van der Waals surface area contributed by atoms with Crippen molar-refractivity contribution in [1.82, 2.24) is 19.8 Å². The van der Waals surface area contributed by atoms with E-state index in [2.05, 4.69) is 15.9 Å². The van der Waals surface area contributed by atoms with E-state index in [9.17, 15) is 14.4 Å². The number of rotatable bonds is 2. The Bertz CT molecular complexity index is 1360. The first kappa shape index (κ1) is 21.7. The molecule has 1 aromatic carbocycles. The molecule has 0 radical (unpaired) electrons. The van der Waals surface area contributed by atoms with E-state index >= 15 is 0 Å². The number of hydrogen-bond acceptors (Lipinski definition) is 6. The first-order valence-electron chi connectivity index (χ1n) is 10.5. The van der Waals surface area contributed by atoms with Crippen LogP contribution in [-0.2, 0) is 9.53 Å². The zero-order chi connectivity index (χ0) is 23.8. The summed E-state index contributed by atoms with van der Waals surface area (Å²) in [6.45, 7) is 1.15. The van der Waals surface area contributed by atoms with Crippen LogP contribution in [0.15, 0.2) is 48.5 Å². The molecule has 3 amide bonds. The summed E-state index contributed by atoms with van der Waals surface area (Å²) in [6.07, 6.45) is 3.57. The van der Waals surface area contributed by atoms with Crippen molar-refractivity contribution in [3.8, 4) is 12.3 Å². The lowest BCUT2D eigenvalue weighted by Crippen LogP contribution is -2.51. The number of pyridine rings is 2. The number of terminal acetylenes is 1. The molecule has 3 aromatic rings. The Hall–Kier alpha value is -4.16. The van der Waals surface area contributed by atoms with Crippen molar-refractivity contribution in [3.63, 3.8) is 0 Å². The normalized spacial score (nSPS) is 17.5. The van der Waals surface area contributed by atoms with E-state index in [-0.39, 0.29) is 30.0 Å². The number of nitrogens with zero attached hydrogens (tertiary/aromatic N) is 5. The smallest absolute Gasteiger partial charge is 0.412 e. The van der Waals surface area contributed by atoms with Gasteiger partial charge in [0.15, 0.2) is 5.65 Å². The van der Waals surface area contributed by atoms with Gasteiger partial charge in [-0.15, -0.1) is 6.42 Å². The quantitative estimate of drug-likeness (QED) is 0.418. The van der Waals surface area contributed by atoms with E-state index in [1.807, 2.05) is 0 Å². The van der Waals surface area contributed by atoms with Gasteiger partial charge < -0.3 is 14.5 Å². The Morgan fingerprint density at radius 1 is 1.00 bits per heavy atom. The van der Waals surface area contributed by atoms with E-state index in [1.54, 1.807) is 48.5 Å². The van der Waals surface area contributed by atoms with E-state index in [0.29, 0.717) is 29.9 Å². The summed E-state index contributed by atoms with van der Waals surface area (Å²) in [5.74, 6) is 1.61. The third kappa shape index (κ3) is 3.78. The first-order chi connectivity index (χ1) is 16.5. The number of halogens is 1. The standard InChI is InChI=1S/C24H18ClN5O4/c1-2-20(31)28-11-13-29(14-12-28)24(33)34-23-17-6-4-3-5-16(17)22(32)30(23)19-10-8-15-7-9-18(25)26-21(15)27-19/h1,3-10,23H,11-14H2. The molecule has 2 aliphatic heterocycles. The summed E-state index contributed by atoms with van der Waals surface area (Å²) < 4.78 is 5.83. The predicted octanol–water partition coefficient (Wildman–Crippen LogP) is 2.86. The number of aromatic nitrogens is 2. The molecule has 1 unspecified atom stereocenters. The Kier molecular flexibility index (Phi) is 5.51. The lowest BCUT2D eigenvalue weighted by molar-refractivity contribution is -0.126. The number of benzene rings is 1. The molecule has 0 spiro atoms. The second-order valence-corrected chi connectivity index (χ2v) is 8.16. The van der Waals surface area contributed by atoms with Crippen LogP contribution in [-0.4, -0.2) is 63.9 Å². The topological polar surface area (TPSA) is 95.9 Å². The maximum absolute atomic E-state index is 13.3. The number of fused-ring (bicyclic) bond motifs is 2. The van der Waals surface area contributed by atoms with Crippen molar-refractivity contribution in [1.29, 1.82) is 0 Å². The van der Waals surface area contributed by atoms with Gasteiger partial charge in [-0.3, -0.25) is 14.5 Å². The molecule has 10 heteroatoms. The summed E-state index contributed by atoms with van der Waals surface area (Å²) in [6, 6.07) is 13.8. The minimum atomic E-state index is -1.01. The van der Waals surface area contributed by atoms with Crippen LogP contribution in [0.5, 0.6) is 0 Å². The molecule has 0 N–H and O–H groups in total. The Balaban J connectivity index is 1.43. The van der Waals surface area contributed by atoms with Gasteiger partial charge >= 0.3 is 6.09 Å². The Morgan fingerprint density at radius 2 is 1.71 bits per heavy atom. The highest BCUT2D eigenvalue weighted by atomic mass is 35.5. The highest BCUT2D eigenvalue weighted by Crippen LogP contribution is 2.38. The van der Waals surface area contributed by atoms with E-state index < -0.39 is 18.2 Å². The van der Waals surface area contributed by atoms with Crippen LogP contribution >= 0.6 is 11.6 Å². The molecule has 2 aromatic heterocycles. The number of amides is 3. The number of carbonyl (C=O) groups is 3. The predicted molar refractivity (Wildman–Crippen MR) is 124 cm³/mol. The summed E-state index contributed by atoms with van der Waals surface area (Å²) in [4.78, 5) is 51.1. The lowest BCUT2D eigenvalue weighted by atomic mass is 10.1. The van der Waals surface area contributed by atoms with Crippen LogP contribution in [0.1, 0.15) is 22.1 Å². The van der Waals surface area contributed by atoms with Crippen molar-refractivity contribution < 1.29 is 19.1 Å². The lowest BCUT2D eigenvalue weighted by Gasteiger charge is -2.34. The molecule has 2 aliphatic rings. The molecule has 5 rings (SSSR count). The minimum Gasteiger partial charge on any atom is -0.420 e. The number of piperazine rings is 1. The van der Waals surface area contributed by atoms with Gasteiger partial charge in [-0.25, -0.2) is 14.8 Å². The third-order valence-corrected chi connectivity index (χ3v) is 6.03. The van der Waals surface area contributed by atoms with Crippen molar-refractivity contribution in [3.05, 3.63) is 64.8 Å². The maximum Gasteiger partial charge on any atom is 0.412 e. The van der Waals surface area contributed by atoms with E-state index in [1.165, 1.54) is 14.7 Å². The molecule has 4 heterocycles. The molecule has 0 saturated carbocycles. The van der Waals surface area contributed by atoms with Crippen LogP contribution in [0.25, 0.3) is 11.0 Å².